The van der Waals surface area contributed by atoms with Crippen LogP contribution in [0.15, 0.2) is 30.3 Å². The van der Waals surface area contributed by atoms with Crippen LogP contribution in [-0.2, 0) is 16.0 Å². The Hall–Kier alpha value is -3.68. The molecule has 1 aromatic carbocycles. The summed E-state index contributed by atoms with van der Waals surface area (Å²) in [6, 6.07) is 11.2. The number of hydrogen-bond acceptors (Lipinski definition) is 8. The molecule has 0 spiro atoms. The zero-order valence-corrected chi connectivity index (χ0v) is 17.9. The molecule has 3 aliphatic rings. The van der Waals surface area contributed by atoms with Gasteiger partial charge >= 0.3 is 6.09 Å². The Morgan fingerprint density at radius 2 is 2.18 bits per heavy atom. The Labute approximate surface area is 190 Å². The molecule has 0 saturated carbocycles. The smallest absolute Gasteiger partial charge is 0.415 e. The van der Waals surface area contributed by atoms with Crippen molar-refractivity contribution in [3.63, 3.8) is 0 Å². The van der Waals surface area contributed by atoms with Crippen molar-refractivity contribution < 1.29 is 19.1 Å². The van der Waals surface area contributed by atoms with E-state index in [9.17, 15) is 14.9 Å². The molecular weight excluding hydrogens is 424 g/mol. The Bertz CT molecular complexity index is 1150. The first-order valence-electron chi connectivity index (χ1n) is 10.9. The molecule has 1 aromatic heterocycles. The SMILES string of the molecule is N#Cc1cccc2c1C(N)C(CNCCC1CN(c3ccc4c(n3)NC(=O)CO4)C(=O)O1)C2. The third-order valence-electron chi connectivity index (χ3n) is 6.30. The Kier molecular flexibility index (Phi) is 5.58. The number of amides is 2. The molecule has 3 heterocycles. The van der Waals surface area contributed by atoms with Gasteiger partial charge < -0.3 is 25.8 Å². The number of carbonyl (C=O) groups excluding carboxylic acids is 2. The number of hydrogen-bond donors (Lipinski definition) is 3. The van der Waals surface area contributed by atoms with Crippen molar-refractivity contribution in [1.29, 1.82) is 5.26 Å². The van der Waals surface area contributed by atoms with Crippen molar-refractivity contribution in [1.82, 2.24) is 10.3 Å². The van der Waals surface area contributed by atoms with Gasteiger partial charge in [0.1, 0.15) is 11.9 Å². The topological polar surface area (TPSA) is 143 Å². The van der Waals surface area contributed by atoms with E-state index >= 15 is 0 Å². The molecule has 170 valence electrons. The maximum Gasteiger partial charge on any atom is 0.415 e. The van der Waals surface area contributed by atoms with Gasteiger partial charge in [0.05, 0.1) is 18.2 Å². The number of aromatic nitrogens is 1. The van der Waals surface area contributed by atoms with Crippen LogP contribution >= 0.6 is 0 Å². The predicted molar refractivity (Wildman–Crippen MR) is 119 cm³/mol. The van der Waals surface area contributed by atoms with Crippen LogP contribution in [0.4, 0.5) is 16.4 Å². The number of nitriles is 1. The van der Waals surface area contributed by atoms with E-state index in [0.717, 1.165) is 24.1 Å². The van der Waals surface area contributed by atoms with Crippen molar-refractivity contribution in [2.45, 2.75) is 25.0 Å². The molecule has 5 rings (SSSR count). The fourth-order valence-corrected chi connectivity index (χ4v) is 4.64. The van der Waals surface area contributed by atoms with Gasteiger partial charge in [0.15, 0.2) is 18.2 Å². The van der Waals surface area contributed by atoms with Crippen LogP contribution < -0.4 is 26.0 Å². The fourth-order valence-electron chi connectivity index (χ4n) is 4.64. The third kappa shape index (κ3) is 4.08. The van der Waals surface area contributed by atoms with Gasteiger partial charge in [0.2, 0.25) is 0 Å². The predicted octanol–water partition coefficient (Wildman–Crippen LogP) is 1.46. The lowest BCUT2D eigenvalue weighted by Crippen LogP contribution is -2.32. The monoisotopic (exact) mass is 448 g/mol. The van der Waals surface area contributed by atoms with Crippen molar-refractivity contribution in [2.75, 3.05) is 36.5 Å². The zero-order valence-electron chi connectivity index (χ0n) is 17.9. The van der Waals surface area contributed by atoms with Crippen molar-refractivity contribution in [3.8, 4) is 11.8 Å². The largest absolute Gasteiger partial charge is 0.480 e. The molecule has 10 heteroatoms. The molecule has 10 nitrogen and oxygen atoms in total. The van der Waals surface area contributed by atoms with Gasteiger partial charge in [-0.25, -0.2) is 9.78 Å². The number of fused-ring (bicyclic) bond motifs is 2. The van der Waals surface area contributed by atoms with E-state index in [4.69, 9.17) is 15.2 Å². The lowest BCUT2D eigenvalue weighted by atomic mass is 9.98. The number of carbonyl (C=O) groups is 2. The summed E-state index contributed by atoms with van der Waals surface area (Å²) in [4.78, 5) is 29.7. The van der Waals surface area contributed by atoms with Crippen LogP contribution in [0.1, 0.15) is 29.2 Å². The average Bonchev–Trinajstić information content (AvgIpc) is 3.35. The number of anilines is 2. The molecule has 2 amide bonds. The lowest BCUT2D eigenvalue weighted by molar-refractivity contribution is -0.118. The van der Waals surface area contributed by atoms with Gasteiger partial charge in [0.25, 0.3) is 5.91 Å². The summed E-state index contributed by atoms with van der Waals surface area (Å²) in [6.07, 6.45) is 0.752. The Morgan fingerprint density at radius 3 is 3.03 bits per heavy atom. The second kappa shape index (κ2) is 8.69. The highest BCUT2D eigenvalue weighted by Crippen LogP contribution is 2.36. The van der Waals surface area contributed by atoms with Gasteiger partial charge in [-0.3, -0.25) is 9.69 Å². The number of ether oxygens (including phenoxy) is 2. The first kappa shape index (κ1) is 21.2. The maximum atomic E-state index is 12.4. The molecule has 33 heavy (non-hydrogen) atoms. The van der Waals surface area contributed by atoms with E-state index in [1.165, 1.54) is 4.90 Å². The standard InChI is InChI=1S/C23H24N6O4/c24-9-14-3-1-2-13-8-15(21(25)20(13)14)10-26-7-6-16-11-29(23(31)33-16)18-5-4-17-22(27-18)28-19(30)12-32-17/h1-5,15-16,21,26H,6-8,10-12,25H2,(H,27,28,30). The molecule has 4 N–H and O–H groups in total. The Balaban J connectivity index is 1.12. The molecular formula is C23H24N6O4. The zero-order chi connectivity index (χ0) is 22.9. The van der Waals surface area contributed by atoms with Crippen molar-refractivity contribution in [2.24, 2.45) is 11.7 Å². The second-order valence-electron chi connectivity index (χ2n) is 8.44. The van der Waals surface area contributed by atoms with Crippen molar-refractivity contribution in [3.05, 3.63) is 47.0 Å². The third-order valence-corrected chi connectivity index (χ3v) is 6.30. The van der Waals surface area contributed by atoms with Gasteiger partial charge in [0, 0.05) is 12.6 Å². The number of nitrogens with zero attached hydrogens (tertiary/aromatic N) is 3. The average molecular weight is 448 g/mol. The summed E-state index contributed by atoms with van der Waals surface area (Å²) >= 11 is 0. The van der Waals surface area contributed by atoms with Crippen LogP contribution in [0.2, 0.25) is 0 Å². The number of pyridine rings is 1. The van der Waals surface area contributed by atoms with Crippen LogP contribution in [0.3, 0.4) is 0 Å². The molecule has 1 saturated heterocycles. The van der Waals surface area contributed by atoms with Crippen LogP contribution in [0.5, 0.6) is 5.75 Å². The molecule has 2 aliphatic heterocycles. The summed E-state index contributed by atoms with van der Waals surface area (Å²) in [6.45, 7) is 1.71. The molecule has 2 aromatic rings. The normalized spacial score (nSPS) is 23.3. The van der Waals surface area contributed by atoms with Gasteiger partial charge in [-0.15, -0.1) is 0 Å². The highest BCUT2D eigenvalue weighted by molar-refractivity contribution is 5.95. The summed E-state index contributed by atoms with van der Waals surface area (Å²) in [7, 11) is 0. The van der Waals surface area contributed by atoms with E-state index in [1.54, 1.807) is 12.1 Å². The van der Waals surface area contributed by atoms with E-state index < -0.39 is 6.09 Å². The first-order valence-corrected chi connectivity index (χ1v) is 10.9. The summed E-state index contributed by atoms with van der Waals surface area (Å²) in [5.41, 5.74) is 9.19. The van der Waals surface area contributed by atoms with Gasteiger partial charge in [-0.1, -0.05) is 12.1 Å². The minimum absolute atomic E-state index is 0.0494. The molecule has 1 fully saturated rings. The van der Waals surface area contributed by atoms with Crippen LogP contribution in [0.25, 0.3) is 0 Å². The quantitative estimate of drug-likeness (QED) is 0.564. The summed E-state index contributed by atoms with van der Waals surface area (Å²) < 4.78 is 10.8. The van der Waals surface area contributed by atoms with Crippen LogP contribution in [0, 0.1) is 17.2 Å². The summed E-state index contributed by atoms with van der Waals surface area (Å²) in [5.74, 6) is 1.11. The number of rotatable bonds is 6. The minimum Gasteiger partial charge on any atom is -0.480 e. The number of benzene rings is 1. The summed E-state index contributed by atoms with van der Waals surface area (Å²) in [5, 5.41) is 15.4. The molecule has 0 bridgehead atoms. The molecule has 0 radical (unpaired) electrons. The van der Waals surface area contributed by atoms with Gasteiger partial charge in [-0.05, 0) is 54.6 Å². The highest BCUT2D eigenvalue weighted by Gasteiger charge is 2.34. The number of cyclic esters (lactones) is 1. The van der Waals surface area contributed by atoms with E-state index in [1.807, 2.05) is 18.2 Å². The molecule has 3 atom stereocenters. The minimum atomic E-state index is -0.465. The second-order valence-corrected chi connectivity index (χ2v) is 8.44. The van der Waals surface area contributed by atoms with Crippen LogP contribution in [-0.4, -0.2) is 49.3 Å². The molecule has 1 aliphatic carbocycles. The van der Waals surface area contributed by atoms with E-state index in [-0.39, 0.29) is 30.6 Å². The van der Waals surface area contributed by atoms with E-state index in [2.05, 4.69) is 21.7 Å². The lowest BCUT2D eigenvalue weighted by Gasteiger charge is -2.19. The first-order chi connectivity index (χ1) is 16.0. The highest BCUT2D eigenvalue weighted by atomic mass is 16.6. The number of nitrogens with two attached hydrogens (primary N) is 1. The van der Waals surface area contributed by atoms with E-state index in [0.29, 0.717) is 42.5 Å². The van der Waals surface area contributed by atoms with Gasteiger partial charge in [-0.2, -0.15) is 5.26 Å². The fraction of sp³-hybridized carbons (Fsp3) is 0.391. The maximum absolute atomic E-state index is 12.4. The Morgan fingerprint density at radius 1 is 1.30 bits per heavy atom. The van der Waals surface area contributed by atoms with Crippen molar-refractivity contribution >= 4 is 23.6 Å². The molecule has 3 unspecified atom stereocenters. The number of nitrogens with one attached hydrogen (secondary N) is 2.